The first-order valence-corrected chi connectivity index (χ1v) is 22.2. The summed E-state index contributed by atoms with van der Waals surface area (Å²) in [7, 11) is 2.13. The molecule has 18 heteroatoms. The van der Waals surface area contributed by atoms with Crippen molar-refractivity contribution in [1.29, 1.82) is 0 Å². The summed E-state index contributed by atoms with van der Waals surface area (Å²) in [6.07, 6.45) is 2.04. The van der Waals surface area contributed by atoms with Crippen LogP contribution < -0.4 is 16.0 Å². The van der Waals surface area contributed by atoms with Crippen molar-refractivity contribution in [2.45, 2.75) is 108 Å². The van der Waals surface area contributed by atoms with E-state index in [4.69, 9.17) is 9.72 Å². The number of nitrogens with one attached hydrogen (secondary N) is 3. The topological polar surface area (TPSA) is 183 Å². The number of thiazole rings is 1. The molecule has 4 aromatic rings. The van der Waals surface area contributed by atoms with Gasteiger partial charge in [-0.15, -0.1) is 11.3 Å². The van der Waals surface area contributed by atoms with E-state index in [9.17, 15) is 42.3 Å². The summed E-state index contributed by atoms with van der Waals surface area (Å²) < 4.78 is 46.7. The number of rotatable bonds is 14. The first kappa shape index (κ1) is 44.3. The molecule has 2 saturated carbocycles. The maximum atomic E-state index is 13.4. The van der Waals surface area contributed by atoms with Crippen LogP contribution in [0.3, 0.4) is 0 Å². The number of hydrogen-bond acceptors (Lipinski definition) is 12. The van der Waals surface area contributed by atoms with Gasteiger partial charge in [0.15, 0.2) is 0 Å². The first-order valence-electron chi connectivity index (χ1n) is 21.4. The number of pyridine rings is 1. The van der Waals surface area contributed by atoms with Crippen LogP contribution in [-0.2, 0) is 26.1 Å². The Morgan fingerprint density at radius 3 is 2.44 bits per heavy atom. The second kappa shape index (κ2) is 17.7. The zero-order valence-electron chi connectivity index (χ0n) is 35.2. The molecule has 14 nitrogen and oxygen atoms in total. The second-order valence-corrected chi connectivity index (χ2v) is 18.7. The van der Waals surface area contributed by atoms with Crippen LogP contribution in [0.5, 0.6) is 0 Å². The highest BCUT2D eigenvalue weighted by atomic mass is 32.1. The number of fused-ring (bicyclic) bond motifs is 2. The molecule has 1 atom stereocenters. The van der Waals surface area contributed by atoms with Crippen LogP contribution in [0.25, 0.3) is 10.2 Å². The van der Waals surface area contributed by atoms with Gasteiger partial charge in [0.1, 0.15) is 17.4 Å². The van der Waals surface area contributed by atoms with Gasteiger partial charge >= 0.3 is 6.18 Å². The van der Waals surface area contributed by atoms with Gasteiger partial charge in [0.25, 0.3) is 17.7 Å². The number of alkyl halides is 3. The number of ether oxygens (including phenoxy) is 1. The Morgan fingerprint density at radius 2 is 1.73 bits per heavy atom. The zero-order valence-corrected chi connectivity index (χ0v) is 36.0. The van der Waals surface area contributed by atoms with E-state index < -0.39 is 53.0 Å². The smallest absolute Gasteiger partial charge is 0.386 e. The number of carbonyl (C=O) groups excluding carboxylic acids is 5. The largest absolute Gasteiger partial charge is 0.433 e. The van der Waals surface area contributed by atoms with E-state index in [2.05, 4.69) is 32.9 Å². The fourth-order valence-electron chi connectivity index (χ4n) is 9.06. The molecule has 0 radical (unpaired) electrons. The number of anilines is 2. The third-order valence-corrected chi connectivity index (χ3v) is 13.6. The lowest BCUT2D eigenvalue weighted by molar-refractivity contribution is -0.141. The van der Waals surface area contributed by atoms with Gasteiger partial charge in [-0.1, -0.05) is 12.1 Å². The molecule has 2 aliphatic carbocycles. The normalized spacial score (nSPS) is 22.9. The van der Waals surface area contributed by atoms with Crippen LogP contribution in [-0.4, -0.2) is 99.3 Å². The maximum Gasteiger partial charge on any atom is 0.433 e. The molecule has 4 heterocycles. The number of carbonyl (C=O) groups is 5. The number of benzene rings is 2. The molecule has 0 spiro atoms. The molecule has 5 amide bonds. The second-order valence-electron chi connectivity index (χ2n) is 17.7. The molecule has 2 aromatic heterocycles. The first-order chi connectivity index (χ1) is 29.9. The van der Waals surface area contributed by atoms with Gasteiger partial charge in [0.05, 0.1) is 38.1 Å². The van der Waals surface area contributed by atoms with Crippen LogP contribution >= 0.6 is 11.3 Å². The number of hydrogen-bond donors (Lipinski definition) is 4. The van der Waals surface area contributed by atoms with E-state index in [1.165, 1.54) is 17.4 Å². The molecule has 4 N–H and O–H groups in total. The van der Waals surface area contributed by atoms with Crippen molar-refractivity contribution in [3.8, 4) is 0 Å². The van der Waals surface area contributed by atoms with Crippen LogP contribution in [0.2, 0.25) is 0 Å². The molecule has 1 unspecified atom stereocenters. The highest BCUT2D eigenvalue weighted by molar-refractivity contribution is 7.18. The van der Waals surface area contributed by atoms with Gasteiger partial charge < -0.3 is 25.4 Å². The standard InChI is InChI=1S/C45H50F3N7O7S/c1-44(2,61)29-21-33-35(22-32(29)51-39(57)31-9-5-10-36(50-31)45(46,47)48)63-41(52-33)25-13-11-24(12-14-25)23-54(3)17-6-18-62-27-19-26(20-27)49-30-8-4-7-28-38(30)43(60)55(42(28)59)34-15-16-37(56)53-40(34)58/h4-5,7-10,21-22,24-27,34,49,61H,6,11-20,23H2,1-3H3,(H,51,57)(H,53,56,58). The van der Waals surface area contributed by atoms with Crippen molar-refractivity contribution in [3.05, 3.63) is 81.6 Å². The fourth-order valence-corrected chi connectivity index (χ4v) is 10.2. The minimum absolute atomic E-state index is 0.0642. The lowest BCUT2D eigenvalue weighted by Gasteiger charge is -2.36. The Kier molecular flexibility index (Phi) is 12.4. The SMILES string of the molecule is CN(CCCOC1CC(Nc2cccc3c2C(=O)N(C2CCC(=O)NC2=O)C3=O)C1)CC1CCC(c2nc3cc(C(C)(C)O)c(NC(=O)c4cccc(C(F)(F)F)n4)cc3s2)CC1. The van der Waals surface area contributed by atoms with E-state index in [0.29, 0.717) is 29.3 Å². The number of nitrogens with zero attached hydrogens (tertiary/aromatic N) is 4. The Labute approximate surface area is 366 Å². The predicted molar refractivity (Wildman–Crippen MR) is 228 cm³/mol. The highest BCUT2D eigenvalue weighted by Crippen LogP contribution is 2.42. The summed E-state index contributed by atoms with van der Waals surface area (Å²) in [5, 5.41) is 20.3. The molecule has 3 fully saturated rings. The number of imide groups is 2. The van der Waals surface area contributed by atoms with E-state index in [1.807, 2.05) is 0 Å². The average molecular weight is 890 g/mol. The number of aromatic nitrogens is 2. The lowest BCUT2D eigenvalue weighted by Crippen LogP contribution is -2.54. The Hall–Kier alpha value is -5.30. The third-order valence-electron chi connectivity index (χ3n) is 12.4. The summed E-state index contributed by atoms with van der Waals surface area (Å²) in [6.45, 7) is 5.65. The Morgan fingerprint density at radius 1 is 0.984 bits per heavy atom. The van der Waals surface area contributed by atoms with Crippen molar-refractivity contribution in [1.82, 2.24) is 25.1 Å². The van der Waals surface area contributed by atoms with E-state index in [-0.39, 0.29) is 53.4 Å². The molecule has 0 bridgehead atoms. The molecular weight excluding hydrogens is 840 g/mol. The summed E-state index contributed by atoms with van der Waals surface area (Å²) in [5.74, 6) is -2.11. The van der Waals surface area contributed by atoms with Gasteiger partial charge in [-0.2, -0.15) is 13.2 Å². The van der Waals surface area contributed by atoms with Gasteiger partial charge in [-0.3, -0.25) is 34.2 Å². The lowest BCUT2D eigenvalue weighted by atomic mass is 9.82. The monoisotopic (exact) mass is 889 g/mol. The molecule has 63 heavy (non-hydrogen) atoms. The van der Waals surface area contributed by atoms with Crippen molar-refractivity contribution in [2.75, 3.05) is 37.4 Å². The molecular formula is C45H50F3N7O7S. The minimum atomic E-state index is -4.70. The van der Waals surface area contributed by atoms with E-state index >= 15 is 0 Å². The fraction of sp³-hybridized carbons (Fsp3) is 0.489. The molecule has 2 aromatic carbocycles. The van der Waals surface area contributed by atoms with Crippen LogP contribution in [0.15, 0.2) is 48.5 Å². The predicted octanol–water partition coefficient (Wildman–Crippen LogP) is 6.85. The van der Waals surface area contributed by atoms with Crippen molar-refractivity contribution in [2.24, 2.45) is 5.92 Å². The van der Waals surface area contributed by atoms with E-state index in [1.54, 1.807) is 44.2 Å². The van der Waals surface area contributed by atoms with Crippen molar-refractivity contribution >= 4 is 62.5 Å². The van der Waals surface area contributed by atoms with Gasteiger partial charge in [-0.25, -0.2) is 9.97 Å². The van der Waals surface area contributed by atoms with Crippen molar-refractivity contribution in [3.63, 3.8) is 0 Å². The number of halogens is 3. The van der Waals surface area contributed by atoms with E-state index in [0.717, 1.165) is 84.8 Å². The number of aliphatic hydroxyl groups is 1. The van der Waals surface area contributed by atoms with Crippen LogP contribution in [0.4, 0.5) is 24.5 Å². The molecule has 1 saturated heterocycles. The third kappa shape index (κ3) is 9.63. The van der Waals surface area contributed by atoms with Gasteiger partial charge in [0, 0.05) is 55.0 Å². The van der Waals surface area contributed by atoms with Crippen LogP contribution in [0, 0.1) is 5.92 Å². The van der Waals surface area contributed by atoms with Crippen LogP contribution in [0.1, 0.15) is 125 Å². The molecule has 334 valence electrons. The number of piperidine rings is 1. The maximum absolute atomic E-state index is 13.4. The highest BCUT2D eigenvalue weighted by Gasteiger charge is 2.46. The van der Waals surface area contributed by atoms with Gasteiger partial charge in [0.2, 0.25) is 11.8 Å². The van der Waals surface area contributed by atoms with Gasteiger partial charge in [-0.05, 0) is 115 Å². The Bertz CT molecular complexity index is 2440. The summed E-state index contributed by atoms with van der Waals surface area (Å²) >= 11 is 1.53. The minimum Gasteiger partial charge on any atom is -0.386 e. The Balaban J connectivity index is 0.768. The molecule has 8 rings (SSSR count). The summed E-state index contributed by atoms with van der Waals surface area (Å²) in [5.41, 5.74) is -0.503. The molecule has 2 aliphatic heterocycles. The summed E-state index contributed by atoms with van der Waals surface area (Å²) in [6, 6.07) is 10.7. The summed E-state index contributed by atoms with van der Waals surface area (Å²) in [4.78, 5) is 75.5. The van der Waals surface area contributed by atoms with Crippen molar-refractivity contribution < 1.29 is 47.0 Å². The quantitative estimate of drug-likeness (QED) is 0.0768. The zero-order chi connectivity index (χ0) is 44.8. The molecule has 4 aliphatic rings. The average Bonchev–Trinajstić information content (AvgIpc) is 3.75. The number of amides is 5.